The fourth-order valence-electron chi connectivity index (χ4n) is 3.58. The lowest BCUT2D eigenvalue weighted by Crippen LogP contribution is -2.47. The van der Waals surface area contributed by atoms with Gasteiger partial charge in [0.25, 0.3) is 0 Å². The minimum absolute atomic E-state index is 0.0475. The summed E-state index contributed by atoms with van der Waals surface area (Å²) >= 11 is 0. The molecular weight excluding hydrogens is 434 g/mol. The number of hydrogen-bond donors (Lipinski definition) is 3. The fourth-order valence-corrected chi connectivity index (χ4v) is 3.58. The summed E-state index contributed by atoms with van der Waals surface area (Å²) in [5, 5.41) is 8.06. The quantitative estimate of drug-likeness (QED) is 0.482. The molecule has 1 aromatic rings. The molecule has 1 heterocycles. The number of benzene rings is 1. The SMILES string of the molecule is CC(C)(C)OC(=O)NCCNC(=O)C1CCCN(CC(=O)NCCc2c(F)cccc2F)C1. The average molecular weight is 469 g/mol. The molecule has 0 saturated carbocycles. The van der Waals surface area contributed by atoms with Crippen molar-refractivity contribution < 1.29 is 27.9 Å². The van der Waals surface area contributed by atoms with E-state index >= 15 is 0 Å². The monoisotopic (exact) mass is 468 g/mol. The van der Waals surface area contributed by atoms with Crippen molar-refractivity contribution in [1.82, 2.24) is 20.9 Å². The Bertz CT molecular complexity index is 809. The summed E-state index contributed by atoms with van der Waals surface area (Å²) in [5.74, 6) is -1.89. The van der Waals surface area contributed by atoms with Crippen molar-refractivity contribution in [2.75, 3.05) is 39.3 Å². The van der Waals surface area contributed by atoms with Crippen molar-refractivity contribution in [3.8, 4) is 0 Å². The van der Waals surface area contributed by atoms with Gasteiger partial charge in [-0.1, -0.05) is 6.07 Å². The van der Waals surface area contributed by atoms with E-state index in [1.165, 1.54) is 18.2 Å². The first kappa shape index (κ1) is 26.5. The van der Waals surface area contributed by atoms with Crippen molar-refractivity contribution in [3.63, 3.8) is 0 Å². The minimum atomic E-state index is -0.629. The maximum absolute atomic E-state index is 13.7. The Kier molecular flexibility index (Phi) is 10.0. The van der Waals surface area contributed by atoms with Crippen molar-refractivity contribution in [2.24, 2.45) is 5.92 Å². The van der Waals surface area contributed by atoms with Crippen LogP contribution >= 0.6 is 0 Å². The summed E-state index contributed by atoms with van der Waals surface area (Å²) < 4.78 is 32.4. The number of nitrogens with zero attached hydrogens (tertiary/aromatic N) is 1. The molecule has 1 atom stereocenters. The Morgan fingerprint density at radius 3 is 2.39 bits per heavy atom. The molecule has 3 amide bonds. The van der Waals surface area contributed by atoms with E-state index in [9.17, 15) is 23.2 Å². The molecule has 2 rings (SSSR count). The maximum atomic E-state index is 13.7. The molecule has 1 fully saturated rings. The Morgan fingerprint density at radius 2 is 1.73 bits per heavy atom. The van der Waals surface area contributed by atoms with E-state index < -0.39 is 23.3 Å². The molecule has 1 unspecified atom stereocenters. The average Bonchev–Trinajstić information content (AvgIpc) is 2.72. The van der Waals surface area contributed by atoms with Crippen LogP contribution in [0, 0.1) is 17.6 Å². The zero-order valence-corrected chi connectivity index (χ0v) is 19.5. The molecule has 3 N–H and O–H groups in total. The van der Waals surface area contributed by atoms with E-state index in [0.29, 0.717) is 13.1 Å². The van der Waals surface area contributed by atoms with Gasteiger partial charge in [0, 0.05) is 31.7 Å². The number of amides is 3. The third-order valence-corrected chi connectivity index (χ3v) is 5.09. The van der Waals surface area contributed by atoms with Gasteiger partial charge in [-0.25, -0.2) is 13.6 Å². The topological polar surface area (TPSA) is 99.8 Å². The van der Waals surface area contributed by atoms with Gasteiger partial charge in [-0.3, -0.25) is 14.5 Å². The highest BCUT2D eigenvalue weighted by atomic mass is 19.1. The number of alkyl carbamates (subject to hydrolysis) is 1. The van der Waals surface area contributed by atoms with Gasteiger partial charge in [-0.15, -0.1) is 0 Å². The number of hydrogen-bond acceptors (Lipinski definition) is 5. The smallest absolute Gasteiger partial charge is 0.407 e. The lowest BCUT2D eigenvalue weighted by molar-refractivity contribution is -0.128. The highest BCUT2D eigenvalue weighted by Crippen LogP contribution is 2.16. The first-order chi connectivity index (χ1) is 15.5. The molecule has 0 aromatic heterocycles. The van der Waals surface area contributed by atoms with Crippen molar-refractivity contribution in [3.05, 3.63) is 35.4 Å². The van der Waals surface area contributed by atoms with Crippen LogP contribution in [0.3, 0.4) is 0 Å². The molecule has 1 aliphatic heterocycles. The first-order valence-corrected chi connectivity index (χ1v) is 11.2. The summed E-state index contributed by atoms with van der Waals surface area (Å²) in [4.78, 5) is 38.2. The lowest BCUT2D eigenvalue weighted by atomic mass is 9.97. The number of carbonyl (C=O) groups is 3. The standard InChI is InChI=1S/C23H34F2N4O4/c1-23(2,3)33-22(32)28-12-11-27-21(31)16-6-5-13-29(14-16)15-20(30)26-10-9-17-18(24)7-4-8-19(17)25/h4,7-8,16H,5-6,9-15H2,1-3H3,(H,26,30)(H,27,31)(H,28,32). The van der Waals surface area contributed by atoms with Crippen LogP contribution < -0.4 is 16.0 Å². The highest BCUT2D eigenvalue weighted by Gasteiger charge is 2.26. The number of likely N-dealkylation sites (tertiary alicyclic amines) is 1. The largest absolute Gasteiger partial charge is 0.444 e. The molecule has 0 spiro atoms. The predicted octanol–water partition coefficient (Wildman–Crippen LogP) is 1.98. The molecule has 33 heavy (non-hydrogen) atoms. The Hall–Kier alpha value is -2.75. The van der Waals surface area contributed by atoms with Crippen LogP contribution in [0.25, 0.3) is 0 Å². The second kappa shape index (κ2) is 12.5. The van der Waals surface area contributed by atoms with E-state index in [1.54, 1.807) is 20.8 Å². The molecule has 184 valence electrons. The Labute approximate surface area is 193 Å². The van der Waals surface area contributed by atoms with Gasteiger partial charge in [-0.2, -0.15) is 0 Å². The molecule has 1 aromatic carbocycles. The summed E-state index contributed by atoms with van der Waals surface area (Å²) in [6.45, 7) is 7.22. The molecule has 0 aliphatic carbocycles. The van der Waals surface area contributed by atoms with Crippen LogP contribution in [0.15, 0.2) is 18.2 Å². The van der Waals surface area contributed by atoms with Crippen LogP contribution in [0.4, 0.5) is 13.6 Å². The summed E-state index contributed by atoms with van der Waals surface area (Å²) in [6, 6.07) is 3.67. The van der Waals surface area contributed by atoms with Crippen LogP contribution in [-0.4, -0.2) is 67.7 Å². The second-order valence-corrected chi connectivity index (χ2v) is 9.09. The van der Waals surface area contributed by atoms with Crippen molar-refractivity contribution in [2.45, 2.75) is 45.6 Å². The summed E-state index contributed by atoms with van der Waals surface area (Å²) in [7, 11) is 0. The van der Waals surface area contributed by atoms with Gasteiger partial charge in [0.05, 0.1) is 12.5 Å². The number of rotatable bonds is 9. The number of halogens is 2. The van der Waals surface area contributed by atoms with Gasteiger partial charge in [0.15, 0.2) is 0 Å². The normalized spacial score (nSPS) is 16.7. The minimum Gasteiger partial charge on any atom is -0.444 e. The van der Waals surface area contributed by atoms with E-state index in [4.69, 9.17) is 4.74 Å². The molecule has 10 heteroatoms. The van der Waals surface area contributed by atoms with Crippen LogP contribution in [-0.2, 0) is 20.7 Å². The van der Waals surface area contributed by atoms with Gasteiger partial charge < -0.3 is 20.7 Å². The van der Waals surface area contributed by atoms with Gasteiger partial charge >= 0.3 is 6.09 Å². The van der Waals surface area contributed by atoms with Crippen molar-refractivity contribution >= 4 is 17.9 Å². The van der Waals surface area contributed by atoms with E-state index in [-0.39, 0.29) is 55.9 Å². The van der Waals surface area contributed by atoms with Gasteiger partial charge in [-0.05, 0) is 58.7 Å². The Morgan fingerprint density at radius 1 is 1.06 bits per heavy atom. The van der Waals surface area contributed by atoms with E-state index in [1.807, 2.05) is 4.90 Å². The molecule has 1 aliphatic rings. The number of nitrogens with one attached hydrogen (secondary N) is 3. The van der Waals surface area contributed by atoms with Crippen LogP contribution in [0.2, 0.25) is 0 Å². The molecule has 0 bridgehead atoms. The van der Waals surface area contributed by atoms with Crippen LogP contribution in [0.5, 0.6) is 0 Å². The summed E-state index contributed by atoms with van der Waals surface area (Å²) in [5.41, 5.74) is -0.632. The first-order valence-electron chi connectivity index (χ1n) is 11.2. The predicted molar refractivity (Wildman–Crippen MR) is 119 cm³/mol. The van der Waals surface area contributed by atoms with Crippen molar-refractivity contribution in [1.29, 1.82) is 0 Å². The highest BCUT2D eigenvalue weighted by molar-refractivity contribution is 5.80. The summed E-state index contributed by atoms with van der Waals surface area (Å²) in [6.07, 6.45) is 1.02. The fraction of sp³-hybridized carbons (Fsp3) is 0.609. The zero-order valence-electron chi connectivity index (χ0n) is 19.5. The maximum Gasteiger partial charge on any atom is 0.407 e. The zero-order chi connectivity index (χ0) is 24.4. The molecule has 8 nitrogen and oxygen atoms in total. The van der Waals surface area contributed by atoms with Crippen LogP contribution in [0.1, 0.15) is 39.2 Å². The molecule has 1 saturated heterocycles. The number of piperidine rings is 1. The molecular formula is C23H34F2N4O4. The lowest BCUT2D eigenvalue weighted by Gasteiger charge is -2.31. The van der Waals surface area contributed by atoms with Gasteiger partial charge in [0.2, 0.25) is 11.8 Å². The number of ether oxygens (including phenoxy) is 1. The molecule has 0 radical (unpaired) electrons. The van der Waals surface area contributed by atoms with E-state index in [2.05, 4.69) is 16.0 Å². The number of carbonyl (C=O) groups excluding carboxylic acids is 3. The third kappa shape index (κ3) is 9.73. The van der Waals surface area contributed by atoms with E-state index in [0.717, 1.165) is 12.8 Å². The Balaban J connectivity index is 1.66. The second-order valence-electron chi connectivity index (χ2n) is 9.09. The van der Waals surface area contributed by atoms with Gasteiger partial charge in [0.1, 0.15) is 17.2 Å². The third-order valence-electron chi connectivity index (χ3n) is 5.09.